The van der Waals surface area contributed by atoms with E-state index in [1.807, 2.05) is 37.3 Å². The van der Waals surface area contributed by atoms with Gasteiger partial charge in [0.05, 0.1) is 5.71 Å². The highest BCUT2D eigenvalue weighted by molar-refractivity contribution is 5.82. The molecule has 2 N–H and O–H groups in total. The zero-order valence-electron chi connectivity index (χ0n) is 8.57. The van der Waals surface area contributed by atoms with Crippen molar-refractivity contribution in [3.8, 4) is 0 Å². The molecule has 3 heteroatoms. The lowest BCUT2D eigenvalue weighted by Gasteiger charge is -2.14. The third-order valence-electron chi connectivity index (χ3n) is 1.96. The Bertz CT molecular complexity index is 295. The van der Waals surface area contributed by atoms with Crippen molar-refractivity contribution in [2.75, 3.05) is 5.32 Å². The zero-order chi connectivity index (χ0) is 10.4. The van der Waals surface area contributed by atoms with Gasteiger partial charge in [0.2, 0.25) is 0 Å². The van der Waals surface area contributed by atoms with Crippen LogP contribution < -0.4 is 5.32 Å². The fourth-order valence-corrected chi connectivity index (χ4v) is 1.35. The summed E-state index contributed by atoms with van der Waals surface area (Å²) in [6.07, 6.45) is 0.741. The Morgan fingerprint density at radius 2 is 2.07 bits per heavy atom. The molecule has 0 aromatic heterocycles. The molecule has 0 saturated heterocycles. The van der Waals surface area contributed by atoms with Gasteiger partial charge in [0.15, 0.2) is 0 Å². The molecule has 3 nitrogen and oxygen atoms in total. The maximum Gasteiger partial charge on any atom is 0.0560 e. The first-order chi connectivity index (χ1) is 6.72. The molecule has 0 heterocycles. The van der Waals surface area contributed by atoms with Crippen molar-refractivity contribution in [3.05, 3.63) is 30.3 Å². The molecule has 1 rings (SSSR count). The molecule has 14 heavy (non-hydrogen) atoms. The van der Waals surface area contributed by atoms with Crippen molar-refractivity contribution in [1.29, 1.82) is 0 Å². The quantitative estimate of drug-likeness (QED) is 0.437. The minimum Gasteiger partial charge on any atom is -0.411 e. The van der Waals surface area contributed by atoms with E-state index in [2.05, 4.69) is 17.4 Å². The van der Waals surface area contributed by atoms with Crippen LogP contribution in [0.1, 0.15) is 20.3 Å². The molecule has 1 unspecified atom stereocenters. The van der Waals surface area contributed by atoms with E-state index in [-0.39, 0.29) is 6.04 Å². The summed E-state index contributed by atoms with van der Waals surface area (Å²) in [5.74, 6) is 0. The minimum absolute atomic E-state index is 0.272. The van der Waals surface area contributed by atoms with E-state index < -0.39 is 0 Å². The summed E-state index contributed by atoms with van der Waals surface area (Å²) in [4.78, 5) is 0. The number of benzene rings is 1. The van der Waals surface area contributed by atoms with Crippen LogP contribution in [0, 0.1) is 0 Å². The molecule has 0 spiro atoms. The molecular weight excluding hydrogens is 176 g/mol. The van der Waals surface area contributed by atoms with Crippen molar-refractivity contribution in [2.45, 2.75) is 26.3 Å². The van der Waals surface area contributed by atoms with Gasteiger partial charge in [-0.05, 0) is 26.0 Å². The third kappa shape index (κ3) is 3.47. The first-order valence-corrected chi connectivity index (χ1v) is 4.71. The van der Waals surface area contributed by atoms with Crippen molar-refractivity contribution >= 4 is 11.4 Å². The summed E-state index contributed by atoms with van der Waals surface area (Å²) in [5, 5.41) is 15.0. The number of anilines is 1. The van der Waals surface area contributed by atoms with E-state index in [9.17, 15) is 0 Å². The lowest BCUT2D eigenvalue weighted by molar-refractivity contribution is 0.317. The lowest BCUT2D eigenvalue weighted by Crippen LogP contribution is -2.18. The van der Waals surface area contributed by atoms with Crippen LogP contribution in [0.2, 0.25) is 0 Å². The first-order valence-electron chi connectivity index (χ1n) is 4.71. The van der Waals surface area contributed by atoms with Crippen LogP contribution in [0.3, 0.4) is 0 Å². The predicted octanol–water partition coefficient (Wildman–Crippen LogP) is 2.73. The Kier molecular flexibility index (Phi) is 3.98. The molecule has 1 atom stereocenters. The van der Waals surface area contributed by atoms with Gasteiger partial charge in [-0.2, -0.15) is 0 Å². The molecule has 0 bridgehead atoms. The largest absolute Gasteiger partial charge is 0.411 e. The number of hydrogen-bond acceptors (Lipinski definition) is 3. The standard InChI is InChI=1S/C11H16N2O/c1-9(8-10(2)13-14)12-11-6-4-3-5-7-11/h3-7,9,12,14H,8H2,1-2H3/b13-10+. The molecule has 1 aromatic carbocycles. The van der Waals surface area contributed by atoms with Gasteiger partial charge < -0.3 is 10.5 Å². The smallest absolute Gasteiger partial charge is 0.0560 e. The Balaban J connectivity index is 2.45. The Morgan fingerprint density at radius 3 is 2.64 bits per heavy atom. The van der Waals surface area contributed by atoms with E-state index in [0.717, 1.165) is 17.8 Å². The van der Waals surface area contributed by atoms with Crippen LogP contribution in [0.15, 0.2) is 35.5 Å². The number of hydrogen-bond donors (Lipinski definition) is 2. The summed E-state index contributed by atoms with van der Waals surface area (Å²) >= 11 is 0. The van der Waals surface area contributed by atoms with Gasteiger partial charge in [-0.25, -0.2) is 0 Å². The minimum atomic E-state index is 0.272. The topological polar surface area (TPSA) is 44.6 Å². The van der Waals surface area contributed by atoms with Crippen molar-refractivity contribution in [2.24, 2.45) is 5.16 Å². The fraction of sp³-hybridized carbons (Fsp3) is 0.364. The molecule has 0 amide bonds. The van der Waals surface area contributed by atoms with Crippen LogP contribution in [0.4, 0.5) is 5.69 Å². The van der Waals surface area contributed by atoms with Gasteiger partial charge in [0.1, 0.15) is 0 Å². The fourth-order valence-electron chi connectivity index (χ4n) is 1.35. The molecule has 0 aliphatic rings. The molecule has 0 aliphatic carbocycles. The second-order valence-corrected chi connectivity index (χ2v) is 3.45. The van der Waals surface area contributed by atoms with E-state index in [1.54, 1.807) is 0 Å². The van der Waals surface area contributed by atoms with Gasteiger partial charge in [0.25, 0.3) is 0 Å². The highest BCUT2D eigenvalue weighted by Gasteiger charge is 2.03. The summed E-state index contributed by atoms with van der Waals surface area (Å²) in [6.45, 7) is 3.87. The van der Waals surface area contributed by atoms with E-state index in [1.165, 1.54) is 0 Å². The average Bonchev–Trinajstić information content (AvgIpc) is 2.19. The molecule has 0 aliphatic heterocycles. The van der Waals surface area contributed by atoms with E-state index in [0.29, 0.717) is 0 Å². The highest BCUT2D eigenvalue weighted by atomic mass is 16.4. The number of oxime groups is 1. The highest BCUT2D eigenvalue weighted by Crippen LogP contribution is 2.08. The average molecular weight is 192 g/mol. The van der Waals surface area contributed by atoms with Gasteiger partial charge in [-0.3, -0.25) is 0 Å². The molecule has 1 aromatic rings. The number of nitrogens with one attached hydrogen (secondary N) is 1. The Hall–Kier alpha value is -1.51. The molecule has 76 valence electrons. The van der Waals surface area contributed by atoms with Gasteiger partial charge in [-0.15, -0.1) is 0 Å². The second-order valence-electron chi connectivity index (χ2n) is 3.45. The monoisotopic (exact) mass is 192 g/mol. The van der Waals surface area contributed by atoms with Crippen LogP contribution in [0.25, 0.3) is 0 Å². The number of para-hydroxylation sites is 1. The van der Waals surface area contributed by atoms with Crippen LogP contribution in [-0.2, 0) is 0 Å². The second kappa shape index (κ2) is 5.27. The molecule has 0 radical (unpaired) electrons. The Morgan fingerprint density at radius 1 is 1.43 bits per heavy atom. The normalized spacial score (nSPS) is 13.7. The maximum atomic E-state index is 8.51. The summed E-state index contributed by atoms with van der Waals surface area (Å²) in [6, 6.07) is 10.3. The predicted molar refractivity (Wildman–Crippen MR) is 59.0 cm³/mol. The SMILES string of the molecule is C/C(CC(C)Nc1ccccc1)=N\O. The third-order valence-corrected chi connectivity index (χ3v) is 1.96. The van der Waals surface area contributed by atoms with Crippen LogP contribution >= 0.6 is 0 Å². The molecular formula is C11H16N2O. The number of nitrogens with zero attached hydrogens (tertiary/aromatic N) is 1. The molecule has 0 saturated carbocycles. The summed E-state index contributed by atoms with van der Waals surface area (Å²) in [5.41, 5.74) is 1.83. The van der Waals surface area contributed by atoms with Crippen LogP contribution in [0.5, 0.6) is 0 Å². The van der Waals surface area contributed by atoms with Crippen molar-refractivity contribution < 1.29 is 5.21 Å². The lowest BCUT2D eigenvalue weighted by atomic mass is 10.1. The van der Waals surface area contributed by atoms with E-state index in [4.69, 9.17) is 5.21 Å². The summed E-state index contributed by atoms with van der Waals surface area (Å²) in [7, 11) is 0. The van der Waals surface area contributed by atoms with Gasteiger partial charge in [-0.1, -0.05) is 23.4 Å². The van der Waals surface area contributed by atoms with Crippen molar-refractivity contribution in [3.63, 3.8) is 0 Å². The van der Waals surface area contributed by atoms with Crippen LogP contribution in [-0.4, -0.2) is 17.0 Å². The zero-order valence-corrected chi connectivity index (χ0v) is 8.57. The van der Waals surface area contributed by atoms with E-state index >= 15 is 0 Å². The maximum absolute atomic E-state index is 8.51. The summed E-state index contributed by atoms with van der Waals surface area (Å²) < 4.78 is 0. The number of rotatable bonds is 4. The van der Waals surface area contributed by atoms with Crippen molar-refractivity contribution in [1.82, 2.24) is 0 Å². The van der Waals surface area contributed by atoms with Gasteiger partial charge >= 0.3 is 0 Å². The van der Waals surface area contributed by atoms with Gasteiger partial charge in [0, 0.05) is 18.2 Å². The Labute approximate surface area is 84.4 Å². The molecule has 0 fully saturated rings. The first kappa shape index (κ1) is 10.6.